The quantitative estimate of drug-likeness (QED) is 0.731. The van der Waals surface area contributed by atoms with E-state index < -0.39 is 9.84 Å². The molecule has 114 valence electrons. The van der Waals surface area contributed by atoms with E-state index in [0.717, 1.165) is 32.1 Å². The van der Waals surface area contributed by atoms with Crippen molar-refractivity contribution in [1.82, 2.24) is 4.90 Å². The van der Waals surface area contributed by atoms with Crippen molar-refractivity contribution in [2.24, 2.45) is 5.92 Å². The van der Waals surface area contributed by atoms with Crippen molar-refractivity contribution in [3.05, 3.63) is 12.2 Å². The third-order valence-corrected chi connectivity index (χ3v) is 6.05. The van der Waals surface area contributed by atoms with Crippen LogP contribution in [0.15, 0.2) is 12.2 Å². The van der Waals surface area contributed by atoms with Gasteiger partial charge in [-0.05, 0) is 32.1 Å². The average molecular weight is 299 g/mol. The first-order chi connectivity index (χ1) is 9.53. The highest BCUT2D eigenvalue weighted by Crippen LogP contribution is 2.25. The molecule has 2 unspecified atom stereocenters. The van der Waals surface area contributed by atoms with Gasteiger partial charge < -0.3 is 4.90 Å². The Morgan fingerprint density at radius 1 is 1.30 bits per heavy atom. The summed E-state index contributed by atoms with van der Waals surface area (Å²) >= 11 is 0. The summed E-state index contributed by atoms with van der Waals surface area (Å²) in [5.74, 6) is 0.619. The fourth-order valence-corrected chi connectivity index (χ4v) is 4.81. The fourth-order valence-electron chi connectivity index (χ4n) is 3.07. The van der Waals surface area contributed by atoms with Gasteiger partial charge in [-0.1, -0.05) is 25.5 Å². The van der Waals surface area contributed by atoms with Gasteiger partial charge in [-0.25, -0.2) is 8.42 Å². The lowest BCUT2D eigenvalue weighted by Gasteiger charge is -2.32. The summed E-state index contributed by atoms with van der Waals surface area (Å²) < 4.78 is 23.3. The molecule has 0 saturated carbocycles. The third kappa shape index (κ3) is 3.84. The van der Waals surface area contributed by atoms with E-state index in [2.05, 4.69) is 19.1 Å². The highest BCUT2D eigenvalue weighted by atomic mass is 32.2. The maximum atomic E-state index is 12.7. The summed E-state index contributed by atoms with van der Waals surface area (Å²) in [6, 6.07) is -0.0926. The number of nitrogens with zero attached hydrogens (tertiary/aromatic N) is 1. The Balaban J connectivity index is 2.06. The molecule has 4 nitrogen and oxygen atoms in total. The van der Waals surface area contributed by atoms with Gasteiger partial charge in [0.05, 0.1) is 11.5 Å². The van der Waals surface area contributed by atoms with Crippen molar-refractivity contribution in [2.45, 2.75) is 51.5 Å². The first-order valence-electron chi connectivity index (χ1n) is 7.69. The van der Waals surface area contributed by atoms with Gasteiger partial charge in [0.2, 0.25) is 5.91 Å². The van der Waals surface area contributed by atoms with E-state index in [4.69, 9.17) is 0 Å². The molecule has 1 amide bonds. The van der Waals surface area contributed by atoms with E-state index >= 15 is 0 Å². The SMILES string of the molecule is CCCCN(C(=O)C1CC=CCC1)C1CCS(=O)(=O)C1. The summed E-state index contributed by atoms with van der Waals surface area (Å²) in [6.45, 7) is 2.80. The minimum Gasteiger partial charge on any atom is -0.338 e. The van der Waals surface area contributed by atoms with Crippen LogP contribution >= 0.6 is 0 Å². The van der Waals surface area contributed by atoms with Gasteiger partial charge in [-0.15, -0.1) is 0 Å². The summed E-state index contributed by atoms with van der Waals surface area (Å²) in [6.07, 6.45) is 9.45. The first-order valence-corrected chi connectivity index (χ1v) is 9.51. The van der Waals surface area contributed by atoms with Crippen molar-refractivity contribution in [3.63, 3.8) is 0 Å². The van der Waals surface area contributed by atoms with E-state index in [0.29, 0.717) is 13.0 Å². The number of carbonyl (C=O) groups excluding carboxylic acids is 1. The molecule has 1 aliphatic heterocycles. The molecule has 2 rings (SSSR count). The molecule has 0 aromatic rings. The Morgan fingerprint density at radius 3 is 2.65 bits per heavy atom. The standard InChI is InChI=1S/C15H25NO3S/c1-2-3-10-16(14-9-11-20(18,19)12-14)15(17)13-7-5-4-6-8-13/h4-5,13-14H,2-3,6-12H2,1H3. The summed E-state index contributed by atoms with van der Waals surface area (Å²) in [7, 11) is -2.94. The van der Waals surface area contributed by atoms with Crippen LogP contribution in [0, 0.1) is 5.92 Å². The van der Waals surface area contributed by atoms with Crippen LogP contribution < -0.4 is 0 Å². The highest BCUT2D eigenvalue weighted by molar-refractivity contribution is 7.91. The number of sulfone groups is 1. The number of carbonyl (C=O) groups is 1. The highest BCUT2D eigenvalue weighted by Gasteiger charge is 2.36. The van der Waals surface area contributed by atoms with Gasteiger partial charge >= 0.3 is 0 Å². The van der Waals surface area contributed by atoms with Crippen LogP contribution in [0.2, 0.25) is 0 Å². The fraction of sp³-hybridized carbons (Fsp3) is 0.800. The Bertz CT molecular complexity index is 470. The number of amides is 1. The Kier molecular flexibility index (Phi) is 5.24. The first kappa shape index (κ1) is 15.5. The maximum Gasteiger partial charge on any atom is 0.226 e. The molecule has 0 bridgehead atoms. The predicted octanol–water partition coefficient (Wildman–Crippen LogP) is 2.16. The molecule has 0 aromatic carbocycles. The summed E-state index contributed by atoms with van der Waals surface area (Å²) in [4.78, 5) is 14.6. The van der Waals surface area contributed by atoms with Crippen molar-refractivity contribution < 1.29 is 13.2 Å². The van der Waals surface area contributed by atoms with Gasteiger partial charge in [0.25, 0.3) is 0 Å². The smallest absolute Gasteiger partial charge is 0.226 e. The second kappa shape index (κ2) is 6.74. The summed E-state index contributed by atoms with van der Waals surface area (Å²) in [5, 5.41) is 0. The average Bonchev–Trinajstić information content (AvgIpc) is 2.80. The van der Waals surface area contributed by atoms with E-state index in [9.17, 15) is 13.2 Å². The van der Waals surface area contributed by atoms with E-state index in [1.807, 2.05) is 4.90 Å². The zero-order chi connectivity index (χ0) is 14.6. The molecule has 1 fully saturated rings. The van der Waals surface area contributed by atoms with Crippen molar-refractivity contribution >= 4 is 15.7 Å². The number of hydrogen-bond acceptors (Lipinski definition) is 3. The number of unbranched alkanes of at least 4 members (excludes halogenated alkanes) is 1. The van der Waals surface area contributed by atoms with Crippen LogP contribution in [0.4, 0.5) is 0 Å². The maximum absolute atomic E-state index is 12.7. The molecule has 1 aliphatic carbocycles. The molecule has 0 spiro atoms. The monoisotopic (exact) mass is 299 g/mol. The van der Waals surface area contributed by atoms with Crippen molar-refractivity contribution in [1.29, 1.82) is 0 Å². The van der Waals surface area contributed by atoms with Gasteiger partial charge in [-0.3, -0.25) is 4.79 Å². The Labute approximate surface area is 122 Å². The summed E-state index contributed by atoms with van der Waals surface area (Å²) in [5.41, 5.74) is 0. The van der Waals surface area contributed by atoms with Crippen LogP contribution in [-0.2, 0) is 14.6 Å². The molecule has 0 aromatic heterocycles. The minimum absolute atomic E-state index is 0.0557. The van der Waals surface area contributed by atoms with Gasteiger partial charge in [0, 0.05) is 18.5 Å². The predicted molar refractivity (Wildman–Crippen MR) is 80.2 cm³/mol. The third-order valence-electron chi connectivity index (χ3n) is 4.30. The molecular formula is C15H25NO3S. The zero-order valence-corrected chi connectivity index (χ0v) is 13.1. The van der Waals surface area contributed by atoms with Gasteiger partial charge in [0.1, 0.15) is 0 Å². The van der Waals surface area contributed by atoms with Crippen molar-refractivity contribution in [2.75, 3.05) is 18.1 Å². The molecule has 1 heterocycles. The molecule has 0 radical (unpaired) electrons. The van der Waals surface area contributed by atoms with Gasteiger partial charge in [-0.2, -0.15) is 0 Å². The zero-order valence-electron chi connectivity index (χ0n) is 12.3. The Hall–Kier alpha value is -0.840. The topological polar surface area (TPSA) is 54.5 Å². The molecule has 1 saturated heterocycles. The normalized spacial score (nSPS) is 28.4. The number of allylic oxidation sites excluding steroid dienone is 2. The number of rotatable bonds is 5. The lowest BCUT2D eigenvalue weighted by atomic mass is 9.92. The lowest BCUT2D eigenvalue weighted by molar-refractivity contribution is -0.137. The van der Waals surface area contributed by atoms with Crippen molar-refractivity contribution in [3.8, 4) is 0 Å². The van der Waals surface area contributed by atoms with Gasteiger partial charge in [0.15, 0.2) is 9.84 Å². The molecule has 5 heteroatoms. The van der Waals surface area contributed by atoms with Crippen LogP contribution in [-0.4, -0.2) is 43.3 Å². The number of hydrogen-bond donors (Lipinski definition) is 0. The van der Waals surface area contributed by atoms with E-state index in [1.54, 1.807) is 0 Å². The lowest BCUT2D eigenvalue weighted by Crippen LogP contribution is -2.45. The van der Waals surface area contributed by atoms with E-state index in [1.165, 1.54) is 0 Å². The van der Waals surface area contributed by atoms with Crippen LogP contribution in [0.1, 0.15) is 45.4 Å². The second-order valence-corrected chi connectivity index (χ2v) is 8.15. The Morgan fingerprint density at radius 2 is 2.10 bits per heavy atom. The molecular weight excluding hydrogens is 274 g/mol. The molecule has 20 heavy (non-hydrogen) atoms. The minimum atomic E-state index is -2.94. The molecule has 2 aliphatic rings. The van der Waals surface area contributed by atoms with Crippen LogP contribution in [0.5, 0.6) is 0 Å². The molecule has 0 N–H and O–H groups in total. The largest absolute Gasteiger partial charge is 0.338 e. The van der Waals surface area contributed by atoms with E-state index in [-0.39, 0.29) is 29.4 Å². The second-order valence-electron chi connectivity index (χ2n) is 5.92. The van der Waals surface area contributed by atoms with Crippen LogP contribution in [0.3, 0.4) is 0 Å². The molecule has 2 atom stereocenters. The van der Waals surface area contributed by atoms with Crippen LogP contribution in [0.25, 0.3) is 0 Å².